The fourth-order valence-corrected chi connectivity index (χ4v) is 3.55. The summed E-state index contributed by atoms with van der Waals surface area (Å²) in [5.74, 6) is 2.71. The van der Waals surface area contributed by atoms with E-state index in [1.54, 1.807) is 0 Å². The van der Waals surface area contributed by atoms with E-state index < -0.39 is 0 Å². The second kappa shape index (κ2) is 9.18. The van der Waals surface area contributed by atoms with E-state index in [9.17, 15) is 0 Å². The summed E-state index contributed by atoms with van der Waals surface area (Å²) in [5, 5.41) is 3.91. The van der Waals surface area contributed by atoms with Crippen molar-refractivity contribution < 1.29 is 18.9 Å². The number of fused-ring (bicyclic) bond motifs is 1. The molecule has 1 aliphatic heterocycles. The lowest BCUT2D eigenvalue weighted by Gasteiger charge is -2.16. The molecule has 0 aromatic heterocycles. The minimum Gasteiger partial charge on any atom is -0.490 e. The van der Waals surface area contributed by atoms with Crippen molar-refractivity contribution in [2.24, 2.45) is 0 Å². The lowest BCUT2D eigenvalue weighted by molar-refractivity contribution is 0.174. The summed E-state index contributed by atoms with van der Waals surface area (Å²) in [4.78, 5) is 0. The SMILES string of the molecule is CCOc1cc(CNc2ccc3c(c2)OCO3)cc(Cl)c1OCc1ccccc1C. The van der Waals surface area contributed by atoms with E-state index in [0.29, 0.717) is 36.3 Å². The molecular formula is C24H24ClNO4. The Kier molecular flexibility index (Phi) is 6.19. The van der Waals surface area contributed by atoms with E-state index in [0.717, 1.165) is 28.3 Å². The molecule has 0 unspecified atom stereocenters. The van der Waals surface area contributed by atoms with Crippen LogP contribution < -0.4 is 24.3 Å². The highest BCUT2D eigenvalue weighted by molar-refractivity contribution is 6.32. The molecule has 1 aliphatic rings. The van der Waals surface area contributed by atoms with Crippen LogP contribution in [0.3, 0.4) is 0 Å². The normalized spacial score (nSPS) is 12.0. The van der Waals surface area contributed by atoms with Crippen LogP contribution in [0.5, 0.6) is 23.0 Å². The van der Waals surface area contributed by atoms with Crippen LogP contribution in [0.2, 0.25) is 5.02 Å². The van der Waals surface area contributed by atoms with Gasteiger partial charge in [0.1, 0.15) is 6.61 Å². The molecule has 0 bridgehead atoms. The number of nitrogens with one attached hydrogen (secondary N) is 1. The average Bonchev–Trinajstić information content (AvgIpc) is 3.21. The van der Waals surface area contributed by atoms with Gasteiger partial charge in [0, 0.05) is 18.3 Å². The second-order valence-electron chi connectivity index (χ2n) is 6.97. The monoisotopic (exact) mass is 425 g/mol. The molecule has 1 N–H and O–H groups in total. The molecule has 0 saturated heterocycles. The summed E-state index contributed by atoms with van der Waals surface area (Å²) in [6, 6.07) is 17.8. The summed E-state index contributed by atoms with van der Waals surface area (Å²) < 4.78 is 22.6. The quantitative estimate of drug-likeness (QED) is 0.482. The van der Waals surface area contributed by atoms with Crippen molar-refractivity contribution in [3.8, 4) is 23.0 Å². The van der Waals surface area contributed by atoms with Crippen molar-refractivity contribution >= 4 is 17.3 Å². The van der Waals surface area contributed by atoms with Gasteiger partial charge in [-0.15, -0.1) is 0 Å². The zero-order chi connectivity index (χ0) is 20.9. The molecule has 1 heterocycles. The maximum Gasteiger partial charge on any atom is 0.231 e. The van der Waals surface area contributed by atoms with Crippen LogP contribution in [0, 0.1) is 6.92 Å². The number of hydrogen-bond acceptors (Lipinski definition) is 5. The molecule has 6 heteroatoms. The van der Waals surface area contributed by atoms with Crippen LogP contribution >= 0.6 is 11.6 Å². The largest absolute Gasteiger partial charge is 0.490 e. The maximum atomic E-state index is 6.57. The van der Waals surface area contributed by atoms with Gasteiger partial charge in [-0.2, -0.15) is 0 Å². The summed E-state index contributed by atoms with van der Waals surface area (Å²) in [7, 11) is 0. The Bertz CT molecular complexity index is 1040. The molecule has 0 saturated carbocycles. The highest BCUT2D eigenvalue weighted by Gasteiger charge is 2.15. The van der Waals surface area contributed by atoms with E-state index in [1.807, 2.05) is 55.5 Å². The molecule has 5 nitrogen and oxygen atoms in total. The number of halogens is 1. The highest BCUT2D eigenvalue weighted by Crippen LogP contribution is 2.38. The third kappa shape index (κ3) is 4.57. The molecular weight excluding hydrogens is 402 g/mol. The minimum atomic E-state index is 0.260. The molecule has 3 aromatic carbocycles. The lowest BCUT2D eigenvalue weighted by atomic mass is 10.1. The molecule has 0 atom stereocenters. The number of benzene rings is 3. The maximum absolute atomic E-state index is 6.57. The summed E-state index contributed by atoms with van der Waals surface area (Å²) in [5.41, 5.74) is 4.22. The van der Waals surface area contributed by atoms with Crippen molar-refractivity contribution in [1.82, 2.24) is 0 Å². The van der Waals surface area contributed by atoms with Crippen LogP contribution in [-0.4, -0.2) is 13.4 Å². The van der Waals surface area contributed by atoms with E-state index >= 15 is 0 Å². The predicted octanol–water partition coefficient (Wildman–Crippen LogP) is 5.97. The van der Waals surface area contributed by atoms with Gasteiger partial charge in [0.05, 0.1) is 11.6 Å². The van der Waals surface area contributed by atoms with Crippen molar-refractivity contribution in [3.05, 3.63) is 76.3 Å². The first kappa shape index (κ1) is 20.2. The Morgan fingerprint density at radius 3 is 2.67 bits per heavy atom. The molecule has 4 rings (SSSR count). The van der Waals surface area contributed by atoms with Gasteiger partial charge < -0.3 is 24.3 Å². The van der Waals surface area contributed by atoms with Gasteiger partial charge in [-0.05, 0) is 54.8 Å². The van der Waals surface area contributed by atoms with Gasteiger partial charge in [-0.3, -0.25) is 0 Å². The number of rotatable bonds is 8. The van der Waals surface area contributed by atoms with E-state index in [1.165, 1.54) is 5.56 Å². The van der Waals surface area contributed by atoms with Gasteiger partial charge in [-0.1, -0.05) is 35.9 Å². The molecule has 0 fully saturated rings. The summed E-state index contributed by atoms with van der Waals surface area (Å²) >= 11 is 6.57. The van der Waals surface area contributed by atoms with Crippen LogP contribution in [-0.2, 0) is 13.2 Å². The first-order valence-electron chi connectivity index (χ1n) is 9.90. The van der Waals surface area contributed by atoms with Crippen molar-refractivity contribution in [2.45, 2.75) is 27.0 Å². The first-order chi connectivity index (χ1) is 14.6. The van der Waals surface area contributed by atoms with Gasteiger partial charge >= 0.3 is 0 Å². The van der Waals surface area contributed by atoms with Crippen LogP contribution in [0.25, 0.3) is 0 Å². The summed E-state index contributed by atoms with van der Waals surface area (Å²) in [6.07, 6.45) is 0. The van der Waals surface area contributed by atoms with Crippen LogP contribution in [0.4, 0.5) is 5.69 Å². The molecule has 0 spiro atoms. The minimum absolute atomic E-state index is 0.260. The third-order valence-corrected chi connectivity index (χ3v) is 5.15. The van der Waals surface area contributed by atoms with Crippen molar-refractivity contribution in [2.75, 3.05) is 18.7 Å². The number of aryl methyl sites for hydroxylation is 1. The van der Waals surface area contributed by atoms with Gasteiger partial charge in [0.25, 0.3) is 0 Å². The molecule has 0 radical (unpaired) electrons. The van der Waals surface area contributed by atoms with Crippen molar-refractivity contribution in [3.63, 3.8) is 0 Å². The first-order valence-corrected chi connectivity index (χ1v) is 10.3. The topological polar surface area (TPSA) is 49.0 Å². The highest BCUT2D eigenvalue weighted by atomic mass is 35.5. The lowest BCUT2D eigenvalue weighted by Crippen LogP contribution is -2.04. The molecule has 156 valence electrons. The van der Waals surface area contributed by atoms with Crippen molar-refractivity contribution in [1.29, 1.82) is 0 Å². The predicted molar refractivity (Wildman–Crippen MR) is 118 cm³/mol. The standard InChI is InChI=1S/C24H24ClNO4/c1-3-27-23-11-17(13-26-19-8-9-21-22(12-19)30-15-29-21)10-20(25)24(23)28-14-18-7-5-4-6-16(18)2/h4-12,26H,3,13-15H2,1-2H3. The Hall–Kier alpha value is -3.05. The van der Waals surface area contributed by atoms with Crippen LogP contribution in [0.1, 0.15) is 23.6 Å². The number of anilines is 1. The Morgan fingerprint density at radius 2 is 1.83 bits per heavy atom. The molecule has 0 amide bonds. The third-order valence-electron chi connectivity index (χ3n) is 4.87. The molecule has 0 aliphatic carbocycles. The van der Waals surface area contributed by atoms with Gasteiger partial charge in [-0.25, -0.2) is 0 Å². The van der Waals surface area contributed by atoms with Gasteiger partial charge in [0.2, 0.25) is 6.79 Å². The van der Waals surface area contributed by atoms with E-state index in [4.69, 9.17) is 30.5 Å². The zero-order valence-corrected chi connectivity index (χ0v) is 17.8. The van der Waals surface area contributed by atoms with Crippen LogP contribution in [0.15, 0.2) is 54.6 Å². The Balaban J connectivity index is 1.48. The average molecular weight is 426 g/mol. The number of ether oxygens (including phenoxy) is 4. The van der Waals surface area contributed by atoms with E-state index in [-0.39, 0.29) is 6.79 Å². The van der Waals surface area contributed by atoms with E-state index in [2.05, 4.69) is 18.3 Å². The Labute approximate surface area is 181 Å². The number of hydrogen-bond donors (Lipinski definition) is 1. The summed E-state index contributed by atoms with van der Waals surface area (Å²) in [6.45, 7) is 5.80. The van der Waals surface area contributed by atoms with Gasteiger partial charge in [0.15, 0.2) is 23.0 Å². The fraction of sp³-hybridized carbons (Fsp3) is 0.250. The smallest absolute Gasteiger partial charge is 0.231 e. The molecule has 30 heavy (non-hydrogen) atoms. The Morgan fingerprint density at radius 1 is 1.00 bits per heavy atom. The molecule has 3 aromatic rings. The fourth-order valence-electron chi connectivity index (χ4n) is 3.26. The zero-order valence-electron chi connectivity index (χ0n) is 17.0. The second-order valence-corrected chi connectivity index (χ2v) is 7.38.